The molecular weight excluding hydrogens is 342 g/mol. The number of amides is 1. The van der Waals surface area contributed by atoms with E-state index in [9.17, 15) is 9.59 Å². The van der Waals surface area contributed by atoms with E-state index in [1.165, 1.54) is 7.11 Å². The zero-order valence-corrected chi connectivity index (χ0v) is 15.9. The quantitative estimate of drug-likeness (QED) is 0.808. The number of hydrogen-bond acceptors (Lipinski definition) is 4. The molecule has 0 saturated heterocycles. The van der Waals surface area contributed by atoms with Crippen LogP contribution in [-0.2, 0) is 19.7 Å². The SMILES string of the molecule is COC(=O)[C@]1(c2ccccc2)C=C1c1ccc(NC(=O)OC(C)(C)C)cc1. The van der Waals surface area contributed by atoms with Crippen molar-refractivity contribution in [2.45, 2.75) is 31.8 Å². The number of ether oxygens (including phenoxy) is 2. The number of nitrogens with one attached hydrogen (secondary N) is 1. The maximum atomic E-state index is 12.5. The van der Waals surface area contributed by atoms with Crippen LogP contribution in [0.25, 0.3) is 5.57 Å². The van der Waals surface area contributed by atoms with Crippen molar-refractivity contribution in [3.8, 4) is 0 Å². The van der Waals surface area contributed by atoms with Gasteiger partial charge in [-0.05, 0) is 49.6 Å². The van der Waals surface area contributed by atoms with E-state index in [2.05, 4.69) is 5.32 Å². The number of hydrogen-bond donors (Lipinski definition) is 1. The minimum atomic E-state index is -0.837. The number of methoxy groups -OCH3 is 1. The van der Waals surface area contributed by atoms with Gasteiger partial charge in [-0.25, -0.2) is 4.79 Å². The summed E-state index contributed by atoms with van der Waals surface area (Å²) in [5, 5.41) is 2.70. The molecule has 1 atom stereocenters. The summed E-state index contributed by atoms with van der Waals surface area (Å²) in [6, 6.07) is 16.8. The van der Waals surface area contributed by atoms with E-state index in [1.807, 2.05) is 69.3 Å². The predicted octanol–water partition coefficient (Wildman–Crippen LogP) is 4.54. The minimum Gasteiger partial charge on any atom is -0.468 e. The molecule has 0 aromatic heterocycles. The fourth-order valence-electron chi connectivity index (χ4n) is 3.03. The van der Waals surface area contributed by atoms with E-state index in [0.29, 0.717) is 5.69 Å². The van der Waals surface area contributed by atoms with E-state index < -0.39 is 17.1 Å². The summed E-state index contributed by atoms with van der Waals surface area (Å²) in [5.41, 5.74) is 1.90. The van der Waals surface area contributed by atoms with Crippen LogP contribution < -0.4 is 5.32 Å². The molecule has 3 rings (SSSR count). The Hall–Kier alpha value is -3.08. The van der Waals surface area contributed by atoms with Crippen molar-refractivity contribution in [3.63, 3.8) is 0 Å². The van der Waals surface area contributed by atoms with Gasteiger partial charge in [0.05, 0.1) is 7.11 Å². The second-order valence-electron chi connectivity index (χ2n) is 7.43. The van der Waals surface area contributed by atoms with Crippen molar-refractivity contribution in [2.75, 3.05) is 12.4 Å². The highest BCUT2D eigenvalue weighted by atomic mass is 16.6. The summed E-state index contributed by atoms with van der Waals surface area (Å²) in [6.45, 7) is 5.43. The van der Waals surface area contributed by atoms with Gasteiger partial charge in [-0.3, -0.25) is 10.1 Å². The van der Waals surface area contributed by atoms with E-state index in [-0.39, 0.29) is 5.97 Å². The van der Waals surface area contributed by atoms with Crippen LogP contribution in [0.4, 0.5) is 10.5 Å². The van der Waals surface area contributed by atoms with Gasteiger partial charge < -0.3 is 9.47 Å². The van der Waals surface area contributed by atoms with Crippen molar-refractivity contribution >= 4 is 23.3 Å². The monoisotopic (exact) mass is 365 g/mol. The Balaban J connectivity index is 1.77. The number of anilines is 1. The lowest BCUT2D eigenvalue weighted by atomic mass is 9.88. The van der Waals surface area contributed by atoms with Gasteiger partial charge in [0.25, 0.3) is 0 Å². The largest absolute Gasteiger partial charge is 0.468 e. The van der Waals surface area contributed by atoms with E-state index in [1.54, 1.807) is 12.1 Å². The molecule has 140 valence electrons. The molecule has 27 heavy (non-hydrogen) atoms. The topological polar surface area (TPSA) is 64.6 Å². The van der Waals surface area contributed by atoms with Crippen molar-refractivity contribution in [3.05, 3.63) is 71.8 Å². The first-order valence-corrected chi connectivity index (χ1v) is 8.74. The van der Waals surface area contributed by atoms with Gasteiger partial charge in [-0.1, -0.05) is 48.5 Å². The van der Waals surface area contributed by atoms with Crippen LogP contribution in [0.3, 0.4) is 0 Å². The fraction of sp³-hybridized carbons (Fsp3) is 0.273. The molecule has 0 saturated carbocycles. The van der Waals surface area contributed by atoms with E-state index in [4.69, 9.17) is 9.47 Å². The molecule has 0 bridgehead atoms. The number of benzene rings is 2. The van der Waals surface area contributed by atoms with Gasteiger partial charge in [-0.2, -0.15) is 0 Å². The smallest absolute Gasteiger partial charge is 0.412 e. The molecule has 1 N–H and O–H groups in total. The van der Waals surface area contributed by atoms with Gasteiger partial charge in [0.1, 0.15) is 11.0 Å². The summed E-state index contributed by atoms with van der Waals surface area (Å²) in [4.78, 5) is 24.3. The Labute approximate surface area is 159 Å². The van der Waals surface area contributed by atoms with Crippen LogP contribution in [-0.4, -0.2) is 24.8 Å². The zero-order chi connectivity index (χ0) is 19.7. The van der Waals surface area contributed by atoms with Crippen molar-refractivity contribution in [2.24, 2.45) is 0 Å². The van der Waals surface area contributed by atoms with E-state index >= 15 is 0 Å². The highest BCUT2D eigenvalue weighted by molar-refractivity contribution is 6.12. The van der Waals surface area contributed by atoms with Crippen LogP contribution in [0.5, 0.6) is 0 Å². The fourth-order valence-corrected chi connectivity index (χ4v) is 3.03. The molecule has 2 aromatic carbocycles. The first-order chi connectivity index (χ1) is 12.8. The zero-order valence-electron chi connectivity index (χ0n) is 15.9. The molecule has 0 radical (unpaired) electrons. The van der Waals surface area contributed by atoms with Gasteiger partial charge >= 0.3 is 12.1 Å². The third kappa shape index (κ3) is 3.87. The minimum absolute atomic E-state index is 0.306. The second-order valence-corrected chi connectivity index (χ2v) is 7.43. The van der Waals surface area contributed by atoms with Gasteiger partial charge in [0.2, 0.25) is 0 Å². The highest BCUT2D eigenvalue weighted by Gasteiger charge is 2.53. The summed E-state index contributed by atoms with van der Waals surface area (Å²) in [5.74, 6) is -0.306. The van der Waals surface area contributed by atoms with Gasteiger partial charge in [0.15, 0.2) is 0 Å². The Bertz CT molecular complexity index is 879. The third-order valence-corrected chi connectivity index (χ3v) is 4.28. The van der Waals surface area contributed by atoms with Crippen LogP contribution in [0.15, 0.2) is 60.7 Å². The number of carbonyl (C=O) groups is 2. The molecule has 0 aliphatic heterocycles. The predicted molar refractivity (Wildman–Crippen MR) is 104 cm³/mol. The van der Waals surface area contributed by atoms with Crippen LogP contribution >= 0.6 is 0 Å². The number of rotatable bonds is 4. The average Bonchev–Trinajstić information content (AvgIpc) is 3.38. The lowest BCUT2D eigenvalue weighted by Crippen LogP contribution is -2.27. The number of carbonyl (C=O) groups excluding carboxylic acids is 2. The molecule has 0 spiro atoms. The van der Waals surface area contributed by atoms with Gasteiger partial charge in [0, 0.05) is 5.69 Å². The average molecular weight is 365 g/mol. The summed E-state index contributed by atoms with van der Waals surface area (Å²) < 4.78 is 10.3. The van der Waals surface area contributed by atoms with Crippen molar-refractivity contribution in [1.29, 1.82) is 0 Å². The van der Waals surface area contributed by atoms with Crippen LogP contribution in [0.1, 0.15) is 31.9 Å². The lowest BCUT2D eigenvalue weighted by Gasteiger charge is -2.20. The first-order valence-electron chi connectivity index (χ1n) is 8.74. The summed E-state index contributed by atoms with van der Waals surface area (Å²) >= 11 is 0. The molecule has 5 heteroatoms. The lowest BCUT2D eigenvalue weighted by molar-refractivity contribution is -0.142. The van der Waals surface area contributed by atoms with Crippen molar-refractivity contribution in [1.82, 2.24) is 0 Å². The summed E-state index contributed by atoms with van der Waals surface area (Å²) in [6.07, 6.45) is 1.40. The van der Waals surface area contributed by atoms with Gasteiger partial charge in [-0.15, -0.1) is 0 Å². The third-order valence-electron chi connectivity index (χ3n) is 4.28. The molecular formula is C22H23NO4. The number of esters is 1. The second kappa shape index (κ2) is 6.91. The molecule has 2 aromatic rings. The maximum Gasteiger partial charge on any atom is 0.412 e. The van der Waals surface area contributed by atoms with Crippen molar-refractivity contribution < 1.29 is 19.1 Å². The molecule has 1 aliphatic carbocycles. The molecule has 0 unspecified atom stereocenters. The standard InChI is InChI=1S/C22H23NO4/c1-21(2,3)27-20(25)23-17-12-10-15(11-13-17)18-14-22(18,19(24)26-4)16-8-6-5-7-9-16/h5-14H,1-4H3,(H,23,25)/t22-/m0/s1. The molecule has 0 heterocycles. The normalized spacial score (nSPS) is 18.3. The summed E-state index contributed by atoms with van der Waals surface area (Å²) in [7, 11) is 1.39. The molecule has 0 fully saturated rings. The van der Waals surface area contributed by atoms with Crippen LogP contribution in [0.2, 0.25) is 0 Å². The highest BCUT2D eigenvalue weighted by Crippen LogP contribution is 2.53. The molecule has 5 nitrogen and oxygen atoms in total. The molecule has 1 aliphatic rings. The Morgan fingerprint density at radius 2 is 1.59 bits per heavy atom. The van der Waals surface area contributed by atoms with Crippen LogP contribution in [0, 0.1) is 0 Å². The Morgan fingerprint density at radius 1 is 0.963 bits per heavy atom. The Morgan fingerprint density at radius 3 is 2.15 bits per heavy atom. The molecule has 1 amide bonds. The first kappa shape index (κ1) is 18.7. The maximum absolute atomic E-state index is 12.5. The van der Waals surface area contributed by atoms with E-state index in [0.717, 1.165) is 16.7 Å². The Kier molecular flexibility index (Phi) is 4.79.